The Morgan fingerprint density at radius 2 is 2.18 bits per heavy atom. The van der Waals surface area contributed by atoms with Crippen molar-refractivity contribution in [2.24, 2.45) is 5.73 Å². The van der Waals surface area contributed by atoms with Crippen molar-refractivity contribution in [1.82, 2.24) is 0 Å². The van der Waals surface area contributed by atoms with E-state index in [9.17, 15) is 9.90 Å². The van der Waals surface area contributed by atoms with Crippen molar-refractivity contribution in [2.45, 2.75) is 5.92 Å². The Morgan fingerprint density at radius 3 is 2.65 bits per heavy atom. The zero-order valence-electron chi connectivity index (χ0n) is 9.97. The van der Waals surface area contributed by atoms with Crippen molar-refractivity contribution in [3.63, 3.8) is 0 Å². The summed E-state index contributed by atoms with van der Waals surface area (Å²) < 4.78 is 9.82. The Balaban J connectivity index is 3.18. The second kappa shape index (κ2) is 6.22. The maximum atomic E-state index is 11.4. The van der Waals surface area contributed by atoms with E-state index in [0.29, 0.717) is 16.9 Å². The second-order valence-corrected chi connectivity index (χ2v) is 3.56. The number of ether oxygens (including phenoxy) is 2. The van der Waals surface area contributed by atoms with E-state index in [1.165, 1.54) is 14.2 Å². The van der Waals surface area contributed by atoms with Crippen LogP contribution in [0.2, 0.25) is 0 Å². The molecule has 0 aromatic heterocycles. The van der Waals surface area contributed by atoms with Crippen LogP contribution in [0.15, 0.2) is 18.2 Å². The highest BCUT2D eigenvalue weighted by Gasteiger charge is 2.17. The summed E-state index contributed by atoms with van der Waals surface area (Å²) in [5.41, 5.74) is 6.69. The Kier molecular flexibility index (Phi) is 4.93. The van der Waals surface area contributed by atoms with Gasteiger partial charge in [0, 0.05) is 18.0 Å². The maximum Gasteiger partial charge on any atom is 0.337 e. The molecule has 5 heteroatoms. The smallest absolute Gasteiger partial charge is 0.337 e. The minimum atomic E-state index is -0.428. The number of methoxy groups -OCH3 is 2. The lowest BCUT2D eigenvalue weighted by atomic mass is 9.97. The van der Waals surface area contributed by atoms with Crippen LogP contribution in [0.3, 0.4) is 0 Å². The molecule has 1 aromatic carbocycles. The summed E-state index contributed by atoms with van der Waals surface area (Å²) in [7, 11) is 2.85. The summed E-state index contributed by atoms with van der Waals surface area (Å²) in [6, 6.07) is 4.91. The summed E-state index contributed by atoms with van der Waals surface area (Å²) in [5.74, 6) is -0.0840. The molecule has 0 saturated carbocycles. The molecular formula is C12H17NO4. The Bertz CT molecular complexity index is 388. The first-order valence-corrected chi connectivity index (χ1v) is 5.25. The molecule has 0 aliphatic heterocycles. The summed E-state index contributed by atoms with van der Waals surface area (Å²) in [4.78, 5) is 11.4. The first-order valence-electron chi connectivity index (χ1n) is 5.25. The SMILES string of the molecule is COC(=O)c1ccc(OC)c(C(CN)CO)c1. The van der Waals surface area contributed by atoms with E-state index in [2.05, 4.69) is 4.74 Å². The number of hydrogen-bond acceptors (Lipinski definition) is 5. The Labute approximate surface area is 100 Å². The third-order valence-electron chi connectivity index (χ3n) is 2.60. The van der Waals surface area contributed by atoms with Gasteiger partial charge in [0.05, 0.1) is 26.4 Å². The lowest BCUT2D eigenvalue weighted by Gasteiger charge is -2.16. The van der Waals surface area contributed by atoms with Gasteiger partial charge in [0.2, 0.25) is 0 Å². The van der Waals surface area contributed by atoms with Crippen LogP contribution in [0.25, 0.3) is 0 Å². The van der Waals surface area contributed by atoms with E-state index in [1.54, 1.807) is 18.2 Å². The highest BCUT2D eigenvalue weighted by Crippen LogP contribution is 2.27. The van der Waals surface area contributed by atoms with Gasteiger partial charge in [0.1, 0.15) is 5.75 Å². The van der Waals surface area contributed by atoms with Gasteiger partial charge in [-0.2, -0.15) is 0 Å². The predicted molar refractivity (Wildman–Crippen MR) is 63.2 cm³/mol. The highest BCUT2D eigenvalue weighted by molar-refractivity contribution is 5.89. The highest BCUT2D eigenvalue weighted by atomic mass is 16.5. The van der Waals surface area contributed by atoms with Crippen LogP contribution in [0.5, 0.6) is 5.75 Å². The summed E-state index contributed by atoms with van der Waals surface area (Å²) in [6.45, 7) is 0.176. The average molecular weight is 239 g/mol. The van der Waals surface area contributed by atoms with Crippen LogP contribution >= 0.6 is 0 Å². The van der Waals surface area contributed by atoms with E-state index in [4.69, 9.17) is 10.5 Å². The van der Waals surface area contributed by atoms with E-state index in [-0.39, 0.29) is 19.1 Å². The topological polar surface area (TPSA) is 81.8 Å². The van der Waals surface area contributed by atoms with Crippen molar-refractivity contribution in [2.75, 3.05) is 27.4 Å². The number of aliphatic hydroxyl groups is 1. The summed E-state index contributed by atoms with van der Waals surface area (Å²) >= 11 is 0. The molecule has 0 radical (unpaired) electrons. The molecule has 0 fully saturated rings. The molecule has 17 heavy (non-hydrogen) atoms. The molecule has 1 aromatic rings. The number of nitrogens with two attached hydrogens (primary N) is 1. The van der Waals surface area contributed by atoms with Gasteiger partial charge in [-0.15, -0.1) is 0 Å². The fraction of sp³-hybridized carbons (Fsp3) is 0.417. The van der Waals surface area contributed by atoms with Crippen LogP contribution in [0.4, 0.5) is 0 Å². The van der Waals surface area contributed by atoms with E-state index < -0.39 is 5.97 Å². The molecule has 1 atom stereocenters. The molecule has 0 spiro atoms. The van der Waals surface area contributed by atoms with E-state index in [0.717, 1.165) is 0 Å². The molecule has 1 rings (SSSR count). The molecule has 0 aliphatic rings. The summed E-state index contributed by atoms with van der Waals surface area (Å²) in [5, 5.41) is 9.23. The van der Waals surface area contributed by atoms with Gasteiger partial charge >= 0.3 is 5.97 Å². The number of carbonyl (C=O) groups excluding carboxylic acids is 1. The first-order chi connectivity index (χ1) is 8.17. The maximum absolute atomic E-state index is 11.4. The lowest BCUT2D eigenvalue weighted by Crippen LogP contribution is -2.17. The number of hydrogen-bond donors (Lipinski definition) is 2. The second-order valence-electron chi connectivity index (χ2n) is 3.56. The van der Waals surface area contributed by atoms with Crippen molar-refractivity contribution < 1.29 is 19.4 Å². The molecule has 5 nitrogen and oxygen atoms in total. The van der Waals surface area contributed by atoms with E-state index >= 15 is 0 Å². The third-order valence-corrected chi connectivity index (χ3v) is 2.60. The van der Waals surface area contributed by atoms with Crippen molar-refractivity contribution in [3.05, 3.63) is 29.3 Å². The van der Waals surface area contributed by atoms with E-state index in [1.807, 2.05) is 0 Å². The van der Waals surface area contributed by atoms with Crippen LogP contribution < -0.4 is 10.5 Å². The minimum Gasteiger partial charge on any atom is -0.496 e. The Hall–Kier alpha value is -1.59. The van der Waals surface area contributed by atoms with Gasteiger partial charge in [-0.25, -0.2) is 4.79 Å². The molecule has 94 valence electrons. The van der Waals surface area contributed by atoms with Crippen LogP contribution in [-0.2, 0) is 4.74 Å². The van der Waals surface area contributed by atoms with Gasteiger partial charge in [0.25, 0.3) is 0 Å². The molecule has 0 heterocycles. The van der Waals surface area contributed by atoms with Gasteiger partial charge in [-0.1, -0.05) is 0 Å². The summed E-state index contributed by atoms with van der Waals surface area (Å²) in [6.07, 6.45) is 0. The van der Waals surface area contributed by atoms with Crippen LogP contribution in [0, 0.1) is 0 Å². The number of benzene rings is 1. The number of esters is 1. The van der Waals surface area contributed by atoms with Gasteiger partial charge in [-0.05, 0) is 18.2 Å². The Morgan fingerprint density at radius 1 is 1.47 bits per heavy atom. The predicted octanol–water partition coefficient (Wildman–Crippen LogP) is 0.516. The molecule has 3 N–H and O–H groups in total. The van der Waals surface area contributed by atoms with Gasteiger partial charge < -0.3 is 20.3 Å². The molecule has 0 saturated heterocycles. The lowest BCUT2D eigenvalue weighted by molar-refractivity contribution is 0.0600. The van der Waals surface area contributed by atoms with Crippen molar-refractivity contribution in [3.8, 4) is 5.75 Å². The van der Waals surface area contributed by atoms with Gasteiger partial charge in [-0.3, -0.25) is 0 Å². The number of aliphatic hydroxyl groups excluding tert-OH is 1. The molecule has 0 bridgehead atoms. The monoisotopic (exact) mass is 239 g/mol. The fourth-order valence-electron chi connectivity index (χ4n) is 1.60. The largest absolute Gasteiger partial charge is 0.496 e. The van der Waals surface area contributed by atoms with Crippen LogP contribution in [0.1, 0.15) is 21.8 Å². The van der Waals surface area contributed by atoms with Gasteiger partial charge in [0.15, 0.2) is 0 Å². The zero-order valence-corrected chi connectivity index (χ0v) is 9.97. The van der Waals surface area contributed by atoms with Crippen LogP contribution in [-0.4, -0.2) is 38.4 Å². The molecule has 1 unspecified atom stereocenters. The third kappa shape index (κ3) is 2.95. The fourth-order valence-corrected chi connectivity index (χ4v) is 1.60. The first kappa shape index (κ1) is 13.5. The number of carbonyl (C=O) groups is 1. The zero-order chi connectivity index (χ0) is 12.8. The average Bonchev–Trinajstić information content (AvgIpc) is 2.39. The standard InChI is InChI=1S/C12H17NO4/c1-16-11-4-3-8(12(15)17-2)5-10(11)9(6-13)7-14/h3-5,9,14H,6-7,13H2,1-2H3. The molecule has 0 amide bonds. The normalized spacial score (nSPS) is 12.0. The molecule has 0 aliphatic carbocycles. The van der Waals surface area contributed by atoms with Crippen molar-refractivity contribution >= 4 is 5.97 Å². The van der Waals surface area contributed by atoms with Crippen molar-refractivity contribution in [1.29, 1.82) is 0 Å². The number of rotatable bonds is 5. The minimum absolute atomic E-state index is 0.0997. The quantitative estimate of drug-likeness (QED) is 0.732. The molecular weight excluding hydrogens is 222 g/mol.